The normalized spacial score (nSPS) is 10.9. The number of hydrogen-bond donors (Lipinski definition) is 3. The highest BCUT2D eigenvalue weighted by atomic mass is 16.5. The number of hydrogen-bond acceptors (Lipinski definition) is 3. The second-order valence-corrected chi connectivity index (χ2v) is 5.48. The van der Waals surface area contributed by atoms with Gasteiger partial charge in [-0.3, -0.25) is 9.79 Å². The molecule has 3 N–H and O–H groups in total. The van der Waals surface area contributed by atoms with Gasteiger partial charge in [-0.25, -0.2) is 0 Å². The van der Waals surface area contributed by atoms with Gasteiger partial charge in [0.15, 0.2) is 5.96 Å². The number of nitrogens with zero attached hydrogens (tertiary/aromatic N) is 1. The van der Waals surface area contributed by atoms with Gasteiger partial charge < -0.3 is 20.7 Å². The third kappa shape index (κ3) is 5.84. The summed E-state index contributed by atoms with van der Waals surface area (Å²) in [6.07, 6.45) is 0. The van der Waals surface area contributed by atoms with Crippen LogP contribution in [-0.4, -0.2) is 26.0 Å². The number of guanidine groups is 1. The summed E-state index contributed by atoms with van der Waals surface area (Å²) in [5, 5.41) is 9.30. The van der Waals surface area contributed by atoms with E-state index in [9.17, 15) is 4.79 Å². The molecule has 0 spiro atoms. The highest BCUT2D eigenvalue weighted by Gasteiger charge is 2.06. The first-order valence-corrected chi connectivity index (χ1v) is 8.05. The minimum absolute atomic E-state index is 0.135. The van der Waals surface area contributed by atoms with Crippen LogP contribution in [0.1, 0.15) is 18.1 Å². The third-order valence-corrected chi connectivity index (χ3v) is 3.56. The molecule has 6 nitrogen and oxygen atoms in total. The van der Waals surface area contributed by atoms with E-state index in [4.69, 9.17) is 4.74 Å². The number of methoxy groups -OCH3 is 1. The Bertz CT molecular complexity index is 729. The zero-order valence-corrected chi connectivity index (χ0v) is 14.8. The molecule has 132 valence electrons. The zero-order chi connectivity index (χ0) is 18.1. The minimum atomic E-state index is -0.135. The number of carbonyl (C=O) groups excluding carboxylic acids is 1. The average molecular weight is 340 g/mol. The van der Waals surface area contributed by atoms with E-state index in [0.717, 1.165) is 5.56 Å². The lowest BCUT2D eigenvalue weighted by molar-refractivity contribution is -0.114. The largest absolute Gasteiger partial charge is 0.495 e. The predicted octanol–water partition coefficient (Wildman–Crippen LogP) is 2.52. The molecule has 0 bridgehead atoms. The van der Waals surface area contributed by atoms with Crippen molar-refractivity contribution in [3.05, 3.63) is 59.7 Å². The minimum Gasteiger partial charge on any atom is -0.495 e. The van der Waals surface area contributed by atoms with E-state index in [1.54, 1.807) is 14.2 Å². The van der Waals surface area contributed by atoms with Crippen LogP contribution < -0.4 is 20.7 Å². The van der Waals surface area contributed by atoms with Crippen molar-refractivity contribution in [2.24, 2.45) is 4.99 Å². The summed E-state index contributed by atoms with van der Waals surface area (Å²) in [6, 6.07) is 15.8. The van der Waals surface area contributed by atoms with E-state index in [-0.39, 0.29) is 5.91 Å². The molecular formula is C19H24N4O2. The Kier molecular flexibility index (Phi) is 6.83. The fourth-order valence-corrected chi connectivity index (χ4v) is 2.34. The lowest BCUT2D eigenvalue weighted by Gasteiger charge is -2.14. The Morgan fingerprint density at radius 1 is 1.04 bits per heavy atom. The SMILES string of the molecule is CN=C(NCc1ccccc1)NCc1ccc(OC)c(NC(C)=O)c1. The van der Waals surface area contributed by atoms with Crippen molar-refractivity contribution in [2.45, 2.75) is 20.0 Å². The van der Waals surface area contributed by atoms with Crippen LogP contribution >= 0.6 is 0 Å². The quantitative estimate of drug-likeness (QED) is 0.558. The maximum atomic E-state index is 11.3. The number of ether oxygens (including phenoxy) is 1. The van der Waals surface area contributed by atoms with Crippen LogP contribution in [0.3, 0.4) is 0 Å². The molecule has 0 aliphatic carbocycles. The van der Waals surface area contributed by atoms with Gasteiger partial charge in [-0.1, -0.05) is 36.4 Å². The predicted molar refractivity (Wildman–Crippen MR) is 101 cm³/mol. The summed E-state index contributed by atoms with van der Waals surface area (Å²) in [7, 11) is 3.31. The van der Waals surface area contributed by atoms with Crippen molar-refractivity contribution < 1.29 is 9.53 Å². The van der Waals surface area contributed by atoms with Crippen LogP contribution in [0, 0.1) is 0 Å². The van der Waals surface area contributed by atoms with E-state index in [0.29, 0.717) is 30.5 Å². The number of amides is 1. The number of nitrogens with one attached hydrogen (secondary N) is 3. The molecule has 1 amide bonds. The number of carbonyl (C=O) groups is 1. The van der Waals surface area contributed by atoms with Crippen LogP contribution in [0.5, 0.6) is 5.75 Å². The molecule has 0 aliphatic rings. The maximum Gasteiger partial charge on any atom is 0.221 e. The second kappa shape index (κ2) is 9.32. The molecule has 6 heteroatoms. The molecule has 0 atom stereocenters. The van der Waals surface area contributed by atoms with Crippen LogP contribution in [0.2, 0.25) is 0 Å². The molecule has 0 unspecified atom stereocenters. The first-order valence-electron chi connectivity index (χ1n) is 8.05. The summed E-state index contributed by atoms with van der Waals surface area (Å²) >= 11 is 0. The third-order valence-electron chi connectivity index (χ3n) is 3.56. The molecule has 0 radical (unpaired) electrons. The molecule has 0 fully saturated rings. The first kappa shape index (κ1) is 18.3. The molecule has 2 aromatic rings. The highest BCUT2D eigenvalue weighted by Crippen LogP contribution is 2.25. The summed E-state index contributed by atoms with van der Waals surface area (Å²) < 4.78 is 5.26. The van der Waals surface area contributed by atoms with Crippen molar-refractivity contribution in [1.29, 1.82) is 0 Å². The Labute approximate surface area is 148 Å². The Hall–Kier alpha value is -3.02. The highest BCUT2D eigenvalue weighted by molar-refractivity contribution is 5.90. The molecular weight excluding hydrogens is 316 g/mol. The topological polar surface area (TPSA) is 74.8 Å². The molecule has 0 aliphatic heterocycles. The van der Waals surface area contributed by atoms with Gasteiger partial charge in [-0.05, 0) is 23.3 Å². The van der Waals surface area contributed by atoms with Crippen molar-refractivity contribution >= 4 is 17.6 Å². The number of anilines is 1. The van der Waals surface area contributed by atoms with E-state index in [2.05, 4.69) is 33.1 Å². The second-order valence-electron chi connectivity index (χ2n) is 5.48. The molecule has 25 heavy (non-hydrogen) atoms. The van der Waals surface area contributed by atoms with Gasteiger partial charge in [-0.15, -0.1) is 0 Å². The summed E-state index contributed by atoms with van der Waals surface area (Å²) in [4.78, 5) is 15.5. The van der Waals surface area contributed by atoms with Crippen molar-refractivity contribution in [3.8, 4) is 5.75 Å². The fraction of sp³-hybridized carbons (Fsp3) is 0.263. The van der Waals surface area contributed by atoms with Crippen molar-refractivity contribution in [3.63, 3.8) is 0 Å². The van der Waals surface area contributed by atoms with Crippen LogP contribution in [0.15, 0.2) is 53.5 Å². The van der Waals surface area contributed by atoms with Gasteiger partial charge in [0, 0.05) is 27.1 Å². The molecule has 0 heterocycles. The lowest BCUT2D eigenvalue weighted by atomic mass is 10.2. The van der Waals surface area contributed by atoms with Crippen LogP contribution in [0.25, 0.3) is 0 Å². The first-order chi connectivity index (χ1) is 12.1. The van der Waals surface area contributed by atoms with Crippen molar-refractivity contribution in [2.75, 3.05) is 19.5 Å². The molecule has 0 saturated carbocycles. The summed E-state index contributed by atoms with van der Waals surface area (Å²) in [5.74, 6) is 1.20. The number of benzene rings is 2. The van der Waals surface area contributed by atoms with Crippen LogP contribution in [0.4, 0.5) is 5.69 Å². The smallest absolute Gasteiger partial charge is 0.221 e. The van der Waals surface area contributed by atoms with Gasteiger partial charge in [-0.2, -0.15) is 0 Å². The zero-order valence-electron chi connectivity index (χ0n) is 14.8. The Morgan fingerprint density at radius 2 is 1.72 bits per heavy atom. The fourth-order valence-electron chi connectivity index (χ4n) is 2.34. The summed E-state index contributed by atoms with van der Waals surface area (Å²) in [6.45, 7) is 2.74. The van der Waals surface area contributed by atoms with Gasteiger partial charge in [0.2, 0.25) is 5.91 Å². The van der Waals surface area contributed by atoms with Gasteiger partial charge in [0.25, 0.3) is 0 Å². The molecule has 2 aromatic carbocycles. The standard InChI is InChI=1S/C19H24N4O2/c1-14(24)23-17-11-16(9-10-18(17)25-3)13-22-19(20-2)21-12-15-7-5-4-6-8-15/h4-11H,12-13H2,1-3H3,(H,23,24)(H2,20,21,22). The maximum absolute atomic E-state index is 11.3. The average Bonchev–Trinajstić information content (AvgIpc) is 2.62. The monoisotopic (exact) mass is 340 g/mol. The van der Waals surface area contributed by atoms with E-state index < -0.39 is 0 Å². The summed E-state index contributed by atoms with van der Waals surface area (Å²) in [5.41, 5.74) is 2.84. The van der Waals surface area contributed by atoms with Gasteiger partial charge in [0.05, 0.1) is 12.8 Å². The van der Waals surface area contributed by atoms with Crippen molar-refractivity contribution in [1.82, 2.24) is 10.6 Å². The molecule has 0 aromatic heterocycles. The van der Waals surface area contributed by atoms with E-state index in [1.165, 1.54) is 12.5 Å². The Balaban J connectivity index is 1.95. The van der Waals surface area contributed by atoms with E-state index >= 15 is 0 Å². The molecule has 2 rings (SSSR count). The van der Waals surface area contributed by atoms with Crippen LogP contribution in [-0.2, 0) is 17.9 Å². The number of aliphatic imine (C=N–C) groups is 1. The lowest BCUT2D eigenvalue weighted by Crippen LogP contribution is -2.36. The van der Waals surface area contributed by atoms with Gasteiger partial charge >= 0.3 is 0 Å². The number of rotatable bonds is 6. The Morgan fingerprint density at radius 3 is 2.32 bits per heavy atom. The molecule has 0 saturated heterocycles. The van der Waals surface area contributed by atoms with Gasteiger partial charge in [0.1, 0.15) is 5.75 Å². The van der Waals surface area contributed by atoms with E-state index in [1.807, 2.05) is 36.4 Å².